The van der Waals surface area contributed by atoms with Crippen molar-refractivity contribution in [3.63, 3.8) is 0 Å². The molecule has 0 radical (unpaired) electrons. The van der Waals surface area contributed by atoms with Crippen LogP contribution < -0.4 is 5.32 Å². The standard InChI is InChI=1S/C29H38N2O6/c1-18(2)16-31-17-20-13-23(32)24(36-29(6,7)26(33)34)14-21(20)25(19-11-9-8-10-12-19)22(31)15-30-27(35)37-28(3,4)5/h8-12,14,17-18,24H,13,15-16H2,1-7H3,(H,30,35)(H,33,34). The molecular weight excluding hydrogens is 472 g/mol. The van der Waals surface area contributed by atoms with Crippen molar-refractivity contribution in [2.75, 3.05) is 13.1 Å². The van der Waals surface area contributed by atoms with E-state index in [1.165, 1.54) is 13.8 Å². The van der Waals surface area contributed by atoms with Crippen molar-refractivity contribution in [1.82, 2.24) is 10.2 Å². The van der Waals surface area contributed by atoms with E-state index in [1.54, 1.807) is 6.08 Å². The maximum absolute atomic E-state index is 13.0. The Balaban J connectivity index is 2.13. The number of nitrogens with zero attached hydrogens (tertiary/aromatic N) is 1. The topological polar surface area (TPSA) is 105 Å². The predicted molar refractivity (Wildman–Crippen MR) is 142 cm³/mol. The molecule has 3 rings (SSSR count). The maximum Gasteiger partial charge on any atom is 0.407 e. The third-order valence-electron chi connectivity index (χ3n) is 5.92. The molecule has 200 valence electrons. The summed E-state index contributed by atoms with van der Waals surface area (Å²) < 4.78 is 11.2. The first-order chi connectivity index (χ1) is 17.2. The Morgan fingerprint density at radius 2 is 1.78 bits per heavy atom. The van der Waals surface area contributed by atoms with Crippen molar-refractivity contribution in [2.45, 2.75) is 72.2 Å². The number of carboxylic acids is 1. The van der Waals surface area contributed by atoms with Crippen LogP contribution in [0.5, 0.6) is 0 Å². The molecule has 0 aromatic heterocycles. The van der Waals surface area contributed by atoms with Gasteiger partial charge in [-0.3, -0.25) is 4.79 Å². The lowest BCUT2D eigenvalue weighted by molar-refractivity contribution is -0.167. The number of hydrogen-bond donors (Lipinski definition) is 2. The Morgan fingerprint density at radius 3 is 2.35 bits per heavy atom. The van der Waals surface area contributed by atoms with Crippen LogP contribution in [0.25, 0.3) is 5.57 Å². The van der Waals surface area contributed by atoms with Gasteiger partial charge in [0.2, 0.25) is 0 Å². The molecule has 1 heterocycles. The number of aliphatic carboxylic acids is 1. The van der Waals surface area contributed by atoms with Gasteiger partial charge in [-0.05, 0) is 63.3 Å². The van der Waals surface area contributed by atoms with Crippen LogP contribution in [0, 0.1) is 5.92 Å². The van der Waals surface area contributed by atoms with Crippen molar-refractivity contribution in [2.24, 2.45) is 5.92 Å². The summed E-state index contributed by atoms with van der Waals surface area (Å²) in [6.07, 6.45) is 2.26. The van der Waals surface area contributed by atoms with Gasteiger partial charge in [0.25, 0.3) is 0 Å². The van der Waals surface area contributed by atoms with E-state index in [1.807, 2.05) is 57.3 Å². The SMILES string of the molecule is CC(C)CN1C=C2CC(=O)C(OC(C)(C)C(=O)O)C=C2C(c2ccccc2)=C1CNC(=O)OC(C)(C)C. The minimum Gasteiger partial charge on any atom is -0.479 e. The monoisotopic (exact) mass is 510 g/mol. The molecule has 1 aromatic carbocycles. The Bertz CT molecular complexity index is 1140. The molecule has 8 nitrogen and oxygen atoms in total. The van der Waals surface area contributed by atoms with Crippen molar-refractivity contribution >= 4 is 23.4 Å². The van der Waals surface area contributed by atoms with Gasteiger partial charge in [-0.15, -0.1) is 0 Å². The number of nitrogens with one attached hydrogen (secondary N) is 1. The molecule has 2 aliphatic rings. The summed E-state index contributed by atoms with van der Waals surface area (Å²) in [7, 11) is 0. The fraction of sp³-hybridized carbons (Fsp3) is 0.483. The molecule has 0 spiro atoms. The molecular formula is C29H38N2O6. The van der Waals surface area contributed by atoms with Gasteiger partial charge in [-0.25, -0.2) is 9.59 Å². The highest BCUT2D eigenvalue weighted by Gasteiger charge is 2.38. The van der Waals surface area contributed by atoms with E-state index >= 15 is 0 Å². The van der Waals surface area contributed by atoms with Gasteiger partial charge < -0.3 is 24.8 Å². The van der Waals surface area contributed by atoms with E-state index in [2.05, 4.69) is 24.1 Å². The molecule has 1 aliphatic carbocycles. The summed E-state index contributed by atoms with van der Waals surface area (Å²) in [6, 6.07) is 9.75. The molecule has 1 atom stereocenters. The van der Waals surface area contributed by atoms with Crippen LogP contribution in [0.1, 0.15) is 60.5 Å². The first kappa shape index (κ1) is 28.2. The number of Topliss-reactive ketones (excluding diaryl/α,β-unsaturated/α-hetero) is 1. The summed E-state index contributed by atoms with van der Waals surface area (Å²) in [5, 5.41) is 12.4. The van der Waals surface area contributed by atoms with Gasteiger partial charge >= 0.3 is 12.1 Å². The molecule has 0 bridgehead atoms. The molecule has 0 saturated carbocycles. The highest BCUT2D eigenvalue weighted by molar-refractivity contribution is 5.97. The minimum absolute atomic E-state index is 0.115. The van der Waals surface area contributed by atoms with E-state index in [0.29, 0.717) is 12.5 Å². The van der Waals surface area contributed by atoms with Crippen LogP contribution in [0.2, 0.25) is 0 Å². The fourth-order valence-electron chi connectivity index (χ4n) is 4.27. The summed E-state index contributed by atoms with van der Waals surface area (Å²) in [5.41, 5.74) is 2.10. The zero-order valence-corrected chi connectivity index (χ0v) is 22.8. The minimum atomic E-state index is -1.53. The van der Waals surface area contributed by atoms with Crippen LogP contribution in [0.4, 0.5) is 4.79 Å². The number of rotatable bonds is 8. The number of fused-ring (bicyclic) bond motifs is 1. The molecule has 2 N–H and O–H groups in total. The summed E-state index contributed by atoms with van der Waals surface area (Å²) in [6.45, 7) is 13.4. The van der Waals surface area contributed by atoms with E-state index in [0.717, 1.165) is 28.0 Å². The van der Waals surface area contributed by atoms with Crippen LogP contribution in [-0.4, -0.2) is 58.2 Å². The van der Waals surface area contributed by atoms with E-state index < -0.39 is 29.4 Å². The second kappa shape index (κ2) is 10.9. The zero-order valence-electron chi connectivity index (χ0n) is 22.8. The van der Waals surface area contributed by atoms with Crippen LogP contribution >= 0.6 is 0 Å². The number of carboxylic acid groups (broad SMARTS) is 1. The highest BCUT2D eigenvalue weighted by atomic mass is 16.6. The van der Waals surface area contributed by atoms with Crippen molar-refractivity contribution in [3.05, 3.63) is 65.0 Å². The number of ether oxygens (including phenoxy) is 2. The van der Waals surface area contributed by atoms with Crippen LogP contribution in [0.3, 0.4) is 0 Å². The molecule has 1 amide bonds. The highest BCUT2D eigenvalue weighted by Crippen LogP contribution is 2.42. The largest absolute Gasteiger partial charge is 0.479 e. The molecule has 1 unspecified atom stereocenters. The van der Waals surface area contributed by atoms with E-state index in [9.17, 15) is 19.5 Å². The van der Waals surface area contributed by atoms with Crippen molar-refractivity contribution in [1.29, 1.82) is 0 Å². The second-order valence-corrected chi connectivity index (χ2v) is 11.3. The molecule has 1 aliphatic heterocycles. The van der Waals surface area contributed by atoms with Crippen LogP contribution in [0.15, 0.2) is 59.5 Å². The summed E-state index contributed by atoms with van der Waals surface area (Å²) in [4.78, 5) is 39.4. The van der Waals surface area contributed by atoms with Crippen LogP contribution in [-0.2, 0) is 19.1 Å². The Morgan fingerprint density at radius 1 is 1.14 bits per heavy atom. The lowest BCUT2D eigenvalue weighted by Crippen LogP contribution is -2.43. The van der Waals surface area contributed by atoms with Gasteiger partial charge in [-0.2, -0.15) is 0 Å². The molecule has 0 fully saturated rings. The first-order valence-electron chi connectivity index (χ1n) is 12.6. The number of ketones is 1. The smallest absolute Gasteiger partial charge is 0.407 e. The number of alkyl carbamates (subject to hydrolysis) is 1. The third kappa shape index (κ3) is 7.10. The average molecular weight is 511 g/mol. The predicted octanol–water partition coefficient (Wildman–Crippen LogP) is 4.93. The van der Waals surface area contributed by atoms with Gasteiger partial charge in [0.15, 0.2) is 11.4 Å². The number of carbonyl (C=O) groups is 3. The number of amides is 1. The maximum atomic E-state index is 13.0. The molecule has 0 saturated heterocycles. The van der Waals surface area contributed by atoms with Gasteiger partial charge in [0, 0.05) is 30.4 Å². The van der Waals surface area contributed by atoms with E-state index in [4.69, 9.17) is 9.47 Å². The number of carbonyl (C=O) groups excluding carboxylic acids is 2. The lowest BCUT2D eigenvalue weighted by Gasteiger charge is -2.38. The second-order valence-electron chi connectivity index (χ2n) is 11.3. The average Bonchev–Trinajstić information content (AvgIpc) is 2.77. The Kier molecular flexibility index (Phi) is 8.32. The number of benzene rings is 1. The van der Waals surface area contributed by atoms with Crippen molar-refractivity contribution in [3.8, 4) is 0 Å². The zero-order chi connectivity index (χ0) is 27.5. The Labute approximate surface area is 219 Å². The number of hydrogen-bond acceptors (Lipinski definition) is 6. The number of allylic oxidation sites excluding steroid dienone is 3. The molecule has 37 heavy (non-hydrogen) atoms. The Hall–Kier alpha value is -3.39. The third-order valence-corrected chi connectivity index (χ3v) is 5.92. The van der Waals surface area contributed by atoms with Gasteiger partial charge in [0.05, 0.1) is 6.54 Å². The quantitative estimate of drug-likeness (QED) is 0.511. The van der Waals surface area contributed by atoms with E-state index in [-0.39, 0.29) is 18.7 Å². The fourth-order valence-corrected chi connectivity index (χ4v) is 4.27. The first-order valence-corrected chi connectivity index (χ1v) is 12.6. The van der Waals surface area contributed by atoms with Crippen molar-refractivity contribution < 1.29 is 29.0 Å². The van der Waals surface area contributed by atoms with Gasteiger partial charge in [0.1, 0.15) is 11.7 Å². The lowest BCUT2D eigenvalue weighted by atomic mass is 9.81. The summed E-state index contributed by atoms with van der Waals surface area (Å²) >= 11 is 0. The summed E-state index contributed by atoms with van der Waals surface area (Å²) in [5.74, 6) is -1.04. The van der Waals surface area contributed by atoms with Gasteiger partial charge in [-0.1, -0.05) is 44.2 Å². The molecule has 8 heteroatoms. The normalized spacial score (nSPS) is 18.3. The molecule has 1 aromatic rings.